The fourth-order valence-corrected chi connectivity index (χ4v) is 1.40. The van der Waals surface area contributed by atoms with Crippen LogP contribution in [0.1, 0.15) is 0 Å². The van der Waals surface area contributed by atoms with Gasteiger partial charge in [0.2, 0.25) is 0 Å². The molecule has 0 saturated heterocycles. The average molecular weight is 307 g/mol. The third kappa shape index (κ3) is 14.7. The van der Waals surface area contributed by atoms with Crippen LogP contribution in [0.4, 0.5) is 0 Å². The van der Waals surface area contributed by atoms with Crippen molar-refractivity contribution >= 4 is 46.0 Å². The van der Waals surface area contributed by atoms with E-state index in [9.17, 15) is 0 Å². The summed E-state index contributed by atoms with van der Waals surface area (Å²) in [6, 6.07) is 0. The van der Waals surface area contributed by atoms with Gasteiger partial charge in [-0.1, -0.05) is 0 Å². The van der Waals surface area contributed by atoms with Gasteiger partial charge in [0.25, 0.3) is 0 Å². The first-order valence-electron chi connectivity index (χ1n) is 3.17. The van der Waals surface area contributed by atoms with Crippen molar-refractivity contribution in [3.8, 4) is 0 Å². The molecule has 9 N–H and O–H groups in total. The van der Waals surface area contributed by atoms with Gasteiger partial charge in [0, 0.05) is 0 Å². The molecule has 0 aromatic rings. The normalized spacial score (nSPS) is 13.8. The summed E-state index contributed by atoms with van der Waals surface area (Å²) >= 11 is 0. The Kier molecular flexibility index (Phi) is 7.98. The van der Waals surface area contributed by atoms with E-state index in [0.29, 0.717) is 0 Å². The van der Waals surface area contributed by atoms with Crippen LogP contribution in [0.2, 0.25) is 0 Å². The number of nitrogens with zero attached hydrogens (tertiary/aromatic N) is 1. The molecule has 0 atom stereocenters. The molecule has 0 fully saturated rings. The van der Waals surface area contributed by atoms with Crippen molar-refractivity contribution in [2.75, 3.05) is 0 Å². The maximum atomic E-state index is 8.35. The quantitative estimate of drug-likeness (QED) is 0.165. The Morgan fingerprint density at radius 1 is 0.529 bits per heavy atom. The summed E-state index contributed by atoms with van der Waals surface area (Å²) in [5, 5.41) is -0.940. The van der Waals surface area contributed by atoms with E-state index >= 15 is 0 Å². The molecule has 0 amide bonds. The van der Waals surface area contributed by atoms with E-state index in [1.165, 1.54) is 0 Å². The number of hydrogen-bond acceptors (Lipinski definition) is 13. The summed E-state index contributed by atoms with van der Waals surface area (Å²) in [5.41, 5.74) is 0. The molecule has 0 rings (SSSR count). The van der Waals surface area contributed by atoms with E-state index < -0.39 is 32.5 Å². The van der Waals surface area contributed by atoms with Crippen molar-refractivity contribution in [3.05, 3.63) is 0 Å². The van der Waals surface area contributed by atoms with Crippen molar-refractivity contribution in [3.63, 3.8) is 0 Å². The Morgan fingerprint density at radius 2 is 0.706 bits per heavy atom. The van der Waals surface area contributed by atoms with Crippen LogP contribution in [-0.2, 0) is 13.6 Å². The van der Waals surface area contributed by atoms with Gasteiger partial charge < -0.3 is 43.2 Å². The van der Waals surface area contributed by atoms with E-state index in [-0.39, 0.29) is 18.9 Å². The molecule has 17 heavy (non-hydrogen) atoms. The second-order valence-corrected chi connectivity index (χ2v) is 6.21. The van der Waals surface area contributed by atoms with Crippen LogP contribution in [0.15, 0.2) is 0 Å². The topological polar surface area (TPSA) is 213 Å². The molecule has 13 nitrogen and oxygen atoms in total. The summed E-state index contributed by atoms with van der Waals surface area (Å²) in [6.07, 6.45) is 0. The molecule has 0 aromatic carbocycles. The molecule has 0 aliphatic rings. The van der Waals surface area contributed by atoms with E-state index in [4.69, 9.17) is 43.2 Å². The van der Waals surface area contributed by atoms with Crippen molar-refractivity contribution < 1.29 is 56.7 Å². The fraction of sp³-hybridized carbons (Fsp3) is 0. The molecule has 0 aliphatic carbocycles. The second-order valence-electron chi connectivity index (χ2n) is 2.22. The SMILES string of the molecule is O[Si](O)(O)ON(O[Si](O)(O)O)O[Si](O)(O)O.[LiH]. The van der Waals surface area contributed by atoms with Crippen molar-refractivity contribution in [1.29, 1.82) is 0 Å². The van der Waals surface area contributed by atoms with E-state index in [1.54, 1.807) is 0 Å². The molecule has 0 bridgehead atoms. The van der Waals surface area contributed by atoms with Gasteiger partial charge in [-0.05, 0) is 0 Å². The third-order valence-electron chi connectivity index (χ3n) is 0.591. The van der Waals surface area contributed by atoms with Crippen molar-refractivity contribution in [2.24, 2.45) is 0 Å². The zero-order valence-electron chi connectivity index (χ0n) is 7.20. The van der Waals surface area contributed by atoms with Crippen LogP contribution < -0.4 is 0 Å². The molecule has 0 aromatic heterocycles. The van der Waals surface area contributed by atoms with Crippen LogP contribution in [0.5, 0.6) is 0 Å². The van der Waals surface area contributed by atoms with Gasteiger partial charge in [0.05, 0.1) is 5.39 Å². The first-order chi connectivity index (χ1) is 6.79. The van der Waals surface area contributed by atoms with Crippen LogP contribution in [0.3, 0.4) is 0 Å². The Morgan fingerprint density at radius 3 is 0.824 bits per heavy atom. The van der Waals surface area contributed by atoms with Gasteiger partial charge in [-0.2, -0.15) is 0 Å². The maximum absolute atomic E-state index is 8.35. The van der Waals surface area contributed by atoms with Gasteiger partial charge in [0.1, 0.15) is 0 Å². The minimum absolute atomic E-state index is 0. The Labute approximate surface area is 108 Å². The minimum atomic E-state index is -5.37. The molecule has 0 saturated carbocycles. The van der Waals surface area contributed by atoms with Gasteiger partial charge in [-0.3, -0.25) is 0 Å². The third-order valence-corrected chi connectivity index (χ3v) is 1.77. The molecule has 0 unspecified atom stereocenters. The predicted molar refractivity (Wildman–Crippen MR) is 49.5 cm³/mol. The molecule has 17 heteroatoms. The summed E-state index contributed by atoms with van der Waals surface area (Å²) in [4.78, 5) is 75.1. The standard InChI is InChI=1S/Li.H9NO12Si3.H/c;2-14(3,4)11-1(12-15(5,6)7)13-16(8,9)10;/h;2-10H;. The Bertz CT molecular complexity index is 175. The van der Waals surface area contributed by atoms with Crippen LogP contribution in [0, 0.1) is 0 Å². The monoisotopic (exact) mass is 307 g/mol. The number of hydrogen-bond donors (Lipinski definition) is 9. The van der Waals surface area contributed by atoms with Gasteiger partial charge in [-0.15, -0.1) is 0 Å². The average Bonchev–Trinajstić information content (AvgIpc) is 1.70. The summed E-state index contributed by atoms with van der Waals surface area (Å²) in [7, 11) is -16.1. The van der Waals surface area contributed by atoms with Crippen molar-refractivity contribution in [2.45, 2.75) is 0 Å². The first-order valence-corrected chi connectivity index (χ1v) is 8.42. The molecular formula is H10LiNO12Si3. The Balaban J connectivity index is 0. The zero-order chi connectivity index (χ0) is 13.2. The second kappa shape index (κ2) is 6.77. The van der Waals surface area contributed by atoms with Crippen LogP contribution in [-0.4, -0.2) is 94.6 Å². The molecule has 0 heterocycles. The molecular weight excluding hydrogens is 297 g/mol. The summed E-state index contributed by atoms with van der Waals surface area (Å²) in [6.45, 7) is 0. The summed E-state index contributed by atoms with van der Waals surface area (Å²) in [5.74, 6) is 0. The van der Waals surface area contributed by atoms with Crippen LogP contribution >= 0.6 is 0 Å². The van der Waals surface area contributed by atoms with Crippen molar-refractivity contribution in [1.82, 2.24) is 5.39 Å². The van der Waals surface area contributed by atoms with Gasteiger partial charge >= 0.3 is 46.0 Å². The van der Waals surface area contributed by atoms with Crippen LogP contribution in [0.25, 0.3) is 0 Å². The molecule has 0 spiro atoms. The summed E-state index contributed by atoms with van der Waals surface area (Å²) < 4.78 is 10.5. The van der Waals surface area contributed by atoms with E-state index in [1.807, 2.05) is 0 Å². The zero-order valence-corrected chi connectivity index (χ0v) is 10.2. The molecule has 100 valence electrons. The van der Waals surface area contributed by atoms with E-state index in [2.05, 4.69) is 13.6 Å². The van der Waals surface area contributed by atoms with Gasteiger partial charge in [0.15, 0.2) is 0 Å². The first kappa shape index (κ1) is 20.1. The fourth-order valence-electron chi connectivity index (χ4n) is 0.356. The molecule has 0 aliphatic heterocycles. The van der Waals surface area contributed by atoms with E-state index in [0.717, 1.165) is 0 Å². The van der Waals surface area contributed by atoms with Gasteiger partial charge in [-0.25, -0.2) is 13.6 Å². The Hall–Kier alpha value is 0.728. The predicted octanol–water partition coefficient (Wildman–Crippen LogP) is -7.33. The molecule has 0 radical (unpaired) electrons. The number of rotatable bonds is 6.